The van der Waals surface area contributed by atoms with Gasteiger partial charge in [-0.3, -0.25) is 10.1 Å². The van der Waals surface area contributed by atoms with Gasteiger partial charge < -0.3 is 4.90 Å². The predicted molar refractivity (Wildman–Crippen MR) is 78.7 cm³/mol. The van der Waals surface area contributed by atoms with Crippen molar-refractivity contribution < 1.29 is 4.79 Å². The van der Waals surface area contributed by atoms with Gasteiger partial charge in [-0.1, -0.05) is 40.0 Å². The van der Waals surface area contributed by atoms with E-state index < -0.39 is 0 Å². The highest BCUT2D eigenvalue weighted by Gasteiger charge is 2.37. The summed E-state index contributed by atoms with van der Waals surface area (Å²) in [6.07, 6.45) is 6.89. The van der Waals surface area contributed by atoms with Crippen LogP contribution in [0.25, 0.3) is 0 Å². The normalized spacial score (nSPS) is 36.3. The van der Waals surface area contributed by atoms with Gasteiger partial charge in [0.05, 0.1) is 12.2 Å². The summed E-state index contributed by atoms with van der Waals surface area (Å²) in [6.45, 7) is 9.66. The quantitative estimate of drug-likeness (QED) is 0.848. The summed E-state index contributed by atoms with van der Waals surface area (Å²) in [4.78, 5) is 14.4. The Morgan fingerprint density at radius 2 is 2.05 bits per heavy atom. The van der Waals surface area contributed by atoms with Crippen LogP contribution in [-0.2, 0) is 4.79 Å². The van der Waals surface area contributed by atoms with Crippen LogP contribution in [0, 0.1) is 17.8 Å². The fraction of sp³-hybridized carbons (Fsp3) is 0.938. The second-order valence-corrected chi connectivity index (χ2v) is 7.02. The Morgan fingerprint density at radius 1 is 1.32 bits per heavy atom. The minimum Gasteiger partial charge on any atom is -0.326 e. The van der Waals surface area contributed by atoms with E-state index in [1.807, 2.05) is 0 Å². The van der Waals surface area contributed by atoms with Gasteiger partial charge in [0.2, 0.25) is 5.91 Å². The number of hydrogen-bond acceptors (Lipinski definition) is 2. The number of rotatable bonds is 4. The summed E-state index contributed by atoms with van der Waals surface area (Å²) in [5.41, 5.74) is 0. The van der Waals surface area contributed by atoms with Crippen LogP contribution in [0.3, 0.4) is 0 Å². The lowest BCUT2D eigenvalue weighted by atomic mass is 9.81. The van der Waals surface area contributed by atoms with Gasteiger partial charge in [0, 0.05) is 6.54 Å². The highest BCUT2D eigenvalue weighted by Crippen LogP contribution is 2.31. The van der Waals surface area contributed by atoms with E-state index in [1.165, 1.54) is 32.1 Å². The largest absolute Gasteiger partial charge is 0.326 e. The van der Waals surface area contributed by atoms with E-state index in [2.05, 4.69) is 37.9 Å². The van der Waals surface area contributed by atoms with Crippen molar-refractivity contribution in [1.29, 1.82) is 0 Å². The number of amides is 1. The number of carbonyl (C=O) groups excluding carboxylic acids is 1. The van der Waals surface area contributed by atoms with Crippen molar-refractivity contribution >= 4 is 5.91 Å². The molecule has 1 N–H and O–H groups in total. The molecule has 0 aromatic carbocycles. The first-order valence-electron chi connectivity index (χ1n) is 8.05. The maximum Gasteiger partial charge on any atom is 0.241 e. The van der Waals surface area contributed by atoms with Crippen LogP contribution >= 0.6 is 0 Å². The summed E-state index contributed by atoms with van der Waals surface area (Å²) in [5.74, 6) is 2.41. The molecule has 1 amide bonds. The van der Waals surface area contributed by atoms with Crippen LogP contribution in [0.4, 0.5) is 0 Å². The maximum absolute atomic E-state index is 12.4. The second-order valence-electron chi connectivity index (χ2n) is 7.02. The Hall–Kier alpha value is -0.570. The molecule has 3 nitrogen and oxygen atoms in total. The molecule has 3 heteroatoms. The minimum atomic E-state index is 0.0280. The summed E-state index contributed by atoms with van der Waals surface area (Å²) in [7, 11) is 0. The van der Waals surface area contributed by atoms with Crippen LogP contribution < -0.4 is 5.32 Å². The van der Waals surface area contributed by atoms with Gasteiger partial charge in [0.25, 0.3) is 0 Å². The summed E-state index contributed by atoms with van der Waals surface area (Å²) >= 11 is 0. The summed E-state index contributed by atoms with van der Waals surface area (Å²) < 4.78 is 0. The predicted octanol–water partition coefficient (Wildman–Crippen LogP) is 3.01. The van der Waals surface area contributed by atoms with Crippen molar-refractivity contribution in [1.82, 2.24) is 10.2 Å². The molecule has 2 rings (SSSR count). The Bertz CT molecular complexity index is 316. The molecule has 4 unspecified atom stereocenters. The molecule has 2 aliphatic rings. The standard InChI is InChI=1S/C16H30N2O/c1-11(2)15-16(19)18(13(4)17-15)9-8-14-7-5-6-12(3)10-14/h11-15,17H,5-10H2,1-4H3. The average Bonchev–Trinajstić information content (AvgIpc) is 2.63. The fourth-order valence-electron chi connectivity index (χ4n) is 3.72. The Labute approximate surface area is 118 Å². The van der Waals surface area contributed by atoms with Crippen LogP contribution in [-0.4, -0.2) is 29.6 Å². The smallest absolute Gasteiger partial charge is 0.241 e. The molecule has 2 fully saturated rings. The number of nitrogens with zero attached hydrogens (tertiary/aromatic N) is 1. The highest BCUT2D eigenvalue weighted by molar-refractivity contribution is 5.84. The van der Waals surface area contributed by atoms with E-state index in [9.17, 15) is 4.79 Å². The molecule has 1 aliphatic heterocycles. The maximum atomic E-state index is 12.4. The van der Waals surface area contributed by atoms with Gasteiger partial charge in [-0.05, 0) is 37.5 Å². The lowest BCUT2D eigenvalue weighted by molar-refractivity contribution is -0.130. The van der Waals surface area contributed by atoms with Crippen molar-refractivity contribution in [2.75, 3.05) is 6.54 Å². The number of carbonyl (C=O) groups is 1. The lowest BCUT2D eigenvalue weighted by Crippen LogP contribution is -2.36. The van der Waals surface area contributed by atoms with Crippen molar-refractivity contribution in [2.24, 2.45) is 17.8 Å². The van der Waals surface area contributed by atoms with E-state index in [0.717, 1.165) is 18.4 Å². The topological polar surface area (TPSA) is 32.3 Å². The van der Waals surface area contributed by atoms with Crippen molar-refractivity contribution in [3.05, 3.63) is 0 Å². The van der Waals surface area contributed by atoms with Crippen LogP contribution in [0.2, 0.25) is 0 Å². The highest BCUT2D eigenvalue weighted by atomic mass is 16.2. The molecule has 0 aromatic heterocycles. The SMILES string of the molecule is CC1CCCC(CCN2C(=O)C(C(C)C)NC2C)C1. The minimum absolute atomic E-state index is 0.0280. The summed E-state index contributed by atoms with van der Waals surface area (Å²) in [6, 6.07) is 0.0280. The average molecular weight is 266 g/mol. The molecule has 4 atom stereocenters. The van der Waals surface area contributed by atoms with Crippen molar-refractivity contribution in [3.63, 3.8) is 0 Å². The Kier molecular flexibility index (Phi) is 4.88. The van der Waals surface area contributed by atoms with E-state index in [-0.39, 0.29) is 12.2 Å². The third-order valence-electron chi connectivity index (χ3n) is 4.93. The molecule has 0 bridgehead atoms. The summed E-state index contributed by atoms with van der Waals surface area (Å²) in [5, 5.41) is 3.43. The van der Waals surface area contributed by atoms with E-state index >= 15 is 0 Å². The second kappa shape index (κ2) is 6.25. The third-order valence-corrected chi connectivity index (χ3v) is 4.93. The Morgan fingerprint density at radius 3 is 2.63 bits per heavy atom. The van der Waals surface area contributed by atoms with E-state index in [1.54, 1.807) is 0 Å². The molecule has 1 saturated carbocycles. The van der Waals surface area contributed by atoms with Gasteiger partial charge in [0.1, 0.15) is 0 Å². The van der Waals surface area contributed by atoms with E-state index in [4.69, 9.17) is 0 Å². The monoisotopic (exact) mass is 266 g/mol. The fourth-order valence-corrected chi connectivity index (χ4v) is 3.72. The van der Waals surface area contributed by atoms with Gasteiger partial charge in [-0.25, -0.2) is 0 Å². The first-order valence-corrected chi connectivity index (χ1v) is 8.05. The molecule has 1 saturated heterocycles. The van der Waals surface area contributed by atoms with Gasteiger partial charge >= 0.3 is 0 Å². The van der Waals surface area contributed by atoms with Crippen LogP contribution in [0.5, 0.6) is 0 Å². The molecule has 1 aliphatic carbocycles. The molecule has 110 valence electrons. The number of hydrogen-bond donors (Lipinski definition) is 1. The zero-order valence-electron chi connectivity index (χ0n) is 13.0. The molecule has 0 radical (unpaired) electrons. The molecular formula is C16H30N2O. The molecular weight excluding hydrogens is 236 g/mol. The molecule has 0 aromatic rings. The zero-order valence-corrected chi connectivity index (χ0v) is 13.0. The molecule has 0 spiro atoms. The number of nitrogens with one attached hydrogen (secondary N) is 1. The van der Waals surface area contributed by atoms with Crippen molar-refractivity contribution in [3.8, 4) is 0 Å². The van der Waals surface area contributed by atoms with Gasteiger partial charge in [-0.15, -0.1) is 0 Å². The molecule has 1 heterocycles. The van der Waals surface area contributed by atoms with E-state index in [0.29, 0.717) is 11.8 Å². The van der Waals surface area contributed by atoms with Crippen molar-refractivity contribution in [2.45, 2.75) is 72.0 Å². The first kappa shape index (κ1) is 14.8. The zero-order chi connectivity index (χ0) is 14.0. The van der Waals surface area contributed by atoms with Gasteiger partial charge in [0.15, 0.2) is 0 Å². The van der Waals surface area contributed by atoms with Crippen LogP contribution in [0.1, 0.15) is 59.8 Å². The Balaban J connectivity index is 1.83. The van der Waals surface area contributed by atoms with Crippen LogP contribution in [0.15, 0.2) is 0 Å². The lowest BCUT2D eigenvalue weighted by Gasteiger charge is -2.29. The first-order chi connectivity index (χ1) is 8.99. The molecule has 19 heavy (non-hydrogen) atoms. The van der Waals surface area contributed by atoms with Gasteiger partial charge in [-0.2, -0.15) is 0 Å². The third kappa shape index (κ3) is 3.50.